The van der Waals surface area contributed by atoms with Gasteiger partial charge in [0, 0.05) is 5.39 Å². The lowest BCUT2D eigenvalue weighted by atomic mass is 10.2. The Morgan fingerprint density at radius 2 is 2.10 bits per heavy atom. The molecule has 108 valence electrons. The van der Waals surface area contributed by atoms with Gasteiger partial charge in [-0.3, -0.25) is 5.10 Å². The summed E-state index contributed by atoms with van der Waals surface area (Å²) in [5, 5.41) is 8.21. The maximum absolute atomic E-state index is 6.09. The molecule has 3 rings (SSSR count). The third kappa shape index (κ3) is 2.73. The standard InChI is InChI=1S/C15H14ClN3O2/c1-20-14-5-2-9(6-12(14)16)8-21-10-3-4-13-11(7-10)15(17)19-18-13/h2-7H,8H2,1H3,(H3,17,18,19). The summed E-state index contributed by atoms with van der Waals surface area (Å²) in [6.45, 7) is 0.410. The average Bonchev–Trinajstić information content (AvgIpc) is 2.86. The number of aromatic nitrogens is 2. The quantitative estimate of drug-likeness (QED) is 0.775. The van der Waals surface area contributed by atoms with Gasteiger partial charge in [0.2, 0.25) is 0 Å². The van der Waals surface area contributed by atoms with Gasteiger partial charge in [0.05, 0.1) is 17.6 Å². The zero-order valence-electron chi connectivity index (χ0n) is 11.4. The van der Waals surface area contributed by atoms with E-state index >= 15 is 0 Å². The zero-order valence-corrected chi connectivity index (χ0v) is 12.1. The minimum atomic E-state index is 0.410. The first kappa shape index (κ1) is 13.6. The SMILES string of the molecule is COc1ccc(COc2ccc3[nH]nc(N)c3c2)cc1Cl. The van der Waals surface area contributed by atoms with Crippen LogP contribution in [0.15, 0.2) is 36.4 Å². The molecule has 0 unspecified atom stereocenters. The van der Waals surface area contributed by atoms with E-state index in [1.165, 1.54) is 0 Å². The number of nitrogens with zero attached hydrogens (tertiary/aromatic N) is 1. The van der Waals surface area contributed by atoms with Crippen LogP contribution in [0.5, 0.6) is 11.5 Å². The molecule has 0 aliphatic rings. The lowest BCUT2D eigenvalue weighted by molar-refractivity contribution is 0.306. The maximum atomic E-state index is 6.09. The van der Waals surface area contributed by atoms with Gasteiger partial charge in [-0.15, -0.1) is 0 Å². The van der Waals surface area contributed by atoms with Crippen molar-refractivity contribution in [2.24, 2.45) is 0 Å². The van der Waals surface area contributed by atoms with Crippen LogP contribution in [0.2, 0.25) is 5.02 Å². The Bertz CT molecular complexity index is 786. The van der Waals surface area contributed by atoms with E-state index in [0.717, 1.165) is 22.2 Å². The molecule has 0 aliphatic carbocycles. The van der Waals surface area contributed by atoms with Crippen LogP contribution in [0, 0.1) is 0 Å². The number of aromatic amines is 1. The third-order valence-electron chi connectivity index (χ3n) is 3.19. The van der Waals surface area contributed by atoms with Gasteiger partial charge >= 0.3 is 0 Å². The number of fused-ring (bicyclic) bond motifs is 1. The number of nitrogen functional groups attached to an aromatic ring is 1. The fourth-order valence-corrected chi connectivity index (χ4v) is 2.35. The first-order valence-electron chi connectivity index (χ1n) is 6.36. The van der Waals surface area contributed by atoms with Crippen molar-refractivity contribution in [2.75, 3.05) is 12.8 Å². The highest BCUT2D eigenvalue weighted by atomic mass is 35.5. The highest BCUT2D eigenvalue weighted by Crippen LogP contribution is 2.27. The van der Waals surface area contributed by atoms with Gasteiger partial charge in [-0.25, -0.2) is 0 Å². The Labute approximate surface area is 126 Å². The van der Waals surface area contributed by atoms with E-state index in [0.29, 0.717) is 23.2 Å². The van der Waals surface area contributed by atoms with Crippen LogP contribution < -0.4 is 15.2 Å². The first-order chi connectivity index (χ1) is 10.2. The highest BCUT2D eigenvalue weighted by molar-refractivity contribution is 6.32. The summed E-state index contributed by atoms with van der Waals surface area (Å²) in [4.78, 5) is 0. The second-order valence-corrected chi connectivity index (χ2v) is 4.98. The molecule has 0 atom stereocenters. The summed E-state index contributed by atoms with van der Waals surface area (Å²) in [5.74, 6) is 1.83. The van der Waals surface area contributed by atoms with Crippen LogP contribution in [0.4, 0.5) is 5.82 Å². The number of nitrogens with one attached hydrogen (secondary N) is 1. The Morgan fingerprint density at radius 1 is 1.24 bits per heavy atom. The van der Waals surface area contributed by atoms with Gasteiger partial charge < -0.3 is 15.2 Å². The summed E-state index contributed by atoms with van der Waals surface area (Å²) in [6.07, 6.45) is 0. The normalized spacial score (nSPS) is 10.8. The smallest absolute Gasteiger partial charge is 0.153 e. The van der Waals surface area contributed by atoms with Gasteiger partial charge in [-0.1, -0.05) is 17.7 Å². The molecule has 1 heterocycles. The molecule has 3 aromatic rings. The Hall–Kier alpha value is -2.40. The van der Waals surface area contributed by atoms with E-state index in [1.54, 1.807) is 7.11 Å². The van der Waals surface area contributed by atoms with Gasteiger partial charge in [-0.2, -0.15) is 5.10 Å². The number of benzene rings is 2. The molecular formula is C15H14ClN3O2. The third-order valence-corrected chi connectivity index (χ3v) is 3.48. The van der Waals surface area contributed by atoms with Crippen molar-refractivity contribution in [3.8, 4) is 11.5 Å². The van der Waals surface area contributed by atoms with Crippen molar-refractivity contribution in [3.63, 3.8) is 0 Å². The van der Waals surface area contributed by atoms with Crippen LogP contribution in [-0.4, -0.2) is 17.3 Å². The molecule has 1 aromatic heterocycles. The molecule has 5 nitrogen and oxygen atoms in total. The molecule has 21 heavy (non-hydrogen) atoms. The molecule has 0 radical (unpaired) electrons. The molecule has 0 aliphatic heterocycles. The van der Waals surface area contributed by atoms with E-state index in [2.05, 4.69) is 10.2 Å². The molecular weight excluding hydrogens is 290 g/mol. The van der Waals surface area contributed by atoms with Gasteiger partial charge in [0.25, 0.3) is 0 Å². The summed E-state index contributed by atoms with van der Waals surface area (Å²) in [7, 11) is 1.59. The number of nitrogens with two attached hydrogens (primary N) is 1. The number of anilines is 1. The van der Waals surface area contributed by atoms with Crippen molar-refractivity contribution < 1.29 is 9.47 Å². The fraction of sp³-hybridized carbons (Fsp3) is 0.133. The predicted octanol–water partition coefficient (Wildman–Crippen LogP) is 3.39. The highest BCUT2D eigenvalue weighted by Gasteiger charge is 2.05. The van der Waals surface area contributed by atoms with Crippen LogP contribution >= 0.6 is 11.6 Å². The van der Waals surface area contributed by atoms with Crippen molar-refractivity contribution in [2.45, 2.75) is 6.61 Å². The van der Waals surface area contributed by atoms with Crippen LogP contribution in [0.1, 0.15) is 5.56 Å². The molecule has 0 saturated heterocycles. The van der Waals surface area contributed by atoms with Crippen LogP contribution in [0.3, 0.4) is 0 Å². The number of H-pyrrole nitrogens is 1. The number of hydrogen-bond acceptors (Lipinski definition) is 4. The van der Waals surface area contributed by atoms with Gasteiger partial charge in [0.15, 0.2) is 5.82 Å². The molecule has 6 heteroatoms. The van der Waals surface area contributed by atoms with Gasteiger partial charge in [0.1, 0.15) is 18.1 Å². The molecule has 3 N–H and O–H groups in total. The fourth-order valence-electron chi connectivity index (χ4n) is 2.07. The van der Waals surface area contributed by atoms with Crippen LogP contribution in [0.25, 0.3) is 10.9 Å². The lowest BCUT2D eigenvalue weighted by Gasteiger charge is -2.08. The molecule has 0 amide bonds. The largest absolute Gasteiger partial charge is 0.495 e. The summed E-state index contributed by atoms with van der Waals surface area (Å²) >= 11 is 6.09. The van der Waals surface area contributed by atoms with E-state index in [1.807, 2.05) is 36.4 Å². The summed E-state index contributed by atoms with van der Waals surface area (Å²) in [5.41, 5.74) is 7.62. The number of hydrogen-bond donors (Lipinski definition) is 2. The van der Waals surface area contributed by atoms with Crippen molar-refractivity contribution >= 4 is 28.3 Å². The average molecular weight is 304 g/mol. The molecule has 0 bridgehead atoms. The second-order valence-electron chi connectivity index (χ2n) is 4.57. The Balaban J connectivity index is 1.76. The number of rotatable bonds is 4. The van der Waals surface area contributed by atoms with Crippen molar-refractivity contribution in [1.82, 2.24) is 10.2 Å². The van der Waals surface area contributed by atoms with E-state index < -0.39 is 0 Å². The number of methoxy groups -OCH3 is 1. The Morgan fingerprint density at radius 3 is 2.86 bits per heavy atom. The molecule has 0 saturated carbocycles. The zero-order chi connectivity index (χ0) is 14.8. The van der Waals surface area contributed by atoms with Gasteiger partial charge in [-0.05, 0) is 35.9 Å². The second kappa shape index (κ2) is 5.54. The predicted molar refractivity (Wildman–Crippen MR) is 82.8 cm³/mol. The minimum absolute atomic E-state index is 0.410. The summed E-state index contributed by atoms with van der Waals surface area (Å²) < 4.78 is 10.9. The van der Waals surface area contributed by atoms with E-state index in [4.69, 9.17) is 26.8 Å². The monoisotopic (exact) mass is 303 g/mol. The first-order valence-corrected chi connectivity index (χ1v) is 6.74. The minimum Gasteiger partial charge on any atom is -0.495 e. The van der Waals surface area contributed by atoms with Crippen LogP contribution in [-0.2, 0) is 6.61 Å². The van der Waals surface area contributed by atoms with E-state index in [9.17, 15) is 0 Å². The topological polar surface area (TPSA) is 73.2 Å². The lowest BCUT2D eigenvalue weighted by Crippen LogP contribution is -1.96. The van der Waals surface area contributed by atoms with Crippen molar-refractivity contribution in [3.05, 3.63) is 47.0 Å². The number of halogens is 1. The summed E-state index contributed by atoms with van der Waals surface area (Å²) in [6, 6.07) is 11.2. The van der Waals surface area contributed by atoms with Crippen molar-refractivity contribution in [1.29, 1.82) is 0 Å². The Kier molecular flexibility index (Phi) is 3.58. The maximum Gasteiger partial charge on any atom is 0.153 e. The molecule has 0 spiro atoms. The molecule has 2 aromatic carbocycles. The number of ether oxygens (including phenoxy) is 2. The van der Waals surface area contributed by atoms with E-state index in [-0.39, 0.29) is 0 Å². The molecule has 0 fully saturated rings.